The highest BCUT2D eigenvalue weighted by molar-refractivity contribution is 9.10. The highest BCUT2D eigenvalue weighted by Crippen LogP contribution is 2.27. The van der Waals surface area contributed by atoms with E-state index >= 15 is 0 Å². The normalized spacial score (nSPS) is 19.9. The minimum atomic E-state index is -3.56. The number of hydrogen-bond donors (Lipinski definition) is 1. The van der Waals surface area contributed by atoms with Crippen molar-refractivity contribution < 1.29 is 13.2 Å². The zero-order chi connectivity index (χ0) is 15.5. The molecule has 1 aromatic carbocycles. The molecule has 0 aromatic heterocycles. The molecule has 0 aliphatic carbocycles. The van der Waals surface area contributed by atoms with Gasteiger partial charge in [0.05, 0.1) is 7.11 Å². The Morgan fingerprint density at radius 3 is 2.86 bits per heavy atom. The second-order valence-corrected chi connectivity index (χ2v) is 7.85. The molecule has 1 atom stereocenters. The first-order valence-electron chi connectivity index (χ1n) is 7.02. The Morgan fingerprint density at radius 1 is 1.48 bits per heavy atom. The van der Waals surface area contributed by atoms with Crippen LogP contribution in [0.15, 0.2) is 27.6 Å². The van der Waals surface area contributed by atoms with Crippen molar-refractivity contribution >= 4 is 26.0 Å². The van der Waals surface area contributed by atoms with Crippen molar-refractivity contribution in [2.45, 2.75) is 18.2 Å². The van der Waals surface area contributed by atoms with Crippen LogP contribution in [0.25, 0.3) is 0 Å². The van der Waals surface area contributed by atoms with Gasteiger partial charge in [0.1, 0.15) is 10.6 Å². The van der Waals surface area contributed by atoms with Gasteiger partial charge < -0.3 is 9.64 Å². The lowest BCUT2D eigenvalue weighted by Crippen LogP contribution is -2.31. The van der Waals surface area contributed by atoms with Crippen molar-refractivity contribution in [2.24, 2.45) is 5.92 Å². The summed E-state index contributed by atoms with van der Waals surface area (Å²) < 4.78 is 33.5. The zero-order valence-corrected chi connectivity index (χ0v) is 14.7. The van der Waals surface area contributed by atoms with Gasteiger partial charge in [0.2, 0.25) is 10.0 Å². The predicted molar refractivity (Wildman–Crippen MR) is 86.1 cm³/mol. The van der Waals surface area contributed by atoms with Crippen molar-refractivity contribution in [2.75, 3.05) is 33.3 Å². The van der Waals surface area contributed by atoms with Crippen molar-refractivity contribution in [1.29, 1.82) is 0 Å². The molecule has 1 aliphatic rings. The van der Waals surface area contributed by atoms with E-state index in [1.54, 1.807) is 18.2 Å². The summed E-state index contributed by atoms with van der Waals surface area (Å²) in [4.78, 5) is 2.50. The van der Waals surface area contributed by atoms with Crippen LogP contribution in [0.4, 0.5) is 0 Å². The summed E-state index contributed by atoms with van der Waals surface area (Å²) in [5.74, 6) is 0.727. The summed E-state index contributed by atoms with van der Waals surface area (Å²) in [5, 5.41) is 0. The van der Waals surface area contributed by atoms with Crippen LogP contribution in [0.2, 0.25) is 0 Å². The van der Waals surface area contributed by atoms with Gasteiger partial charge in [-0.1, -0.05) is 22.9 Å². The maximum absolute atomic E-state index is 12.4. The van der Waals surface area contributed by atoms with Gasteiger partial charge in [0.15, 0.2) is 0 Å². The fourth-order valence-electron chi connectivity index (χ4n) is 2.53. The van der Waals surface area contributed by atoms with Crippen LogP contribution < -0.4 is 9.46 Å². The minimum Gasteiger partial charge on any atom is -0.495 e. The number of rotatable bonds is 6. The third kappa shape index (κ3) is 4.18. The number of nitrogens with one attached hydrogen (secondary N) is 1. The fourth-order valence-corrected chi connectivity index (χ4v) is 4.35. The average Bonchev–Trinajstić information content (AvgIpc) is 2.93. The van der Waals surface area contributed by atoms with Gasteiger partial charge in [0.25, 0.3) is 0 Å². The molecule has 21 heavy (non-hydrogen) atoms. The third-order valence-corrected chi connectivity index (χ3v) is 5.73. The van der Waals surface area contributed by atoms with Gasteiger partial charge in [-0.3, -0.25) is 0 Å². The third-order valence-electron chi connectivity index (χ3n) is 3.79. The molecule has 1 heterocycles. The SMILES string of the molecule is CCN1CCC(CNS(=O)(=O)c2cc(Br)ccc2OC)C1. The van der Waals surface area contributed by atoms with E-state index in [0.29, 0.717) is 22.7 Å². The largest absolute Gasteiger partial charge is 0.495 e. The van der Waals surface area contributed by atoms with E-state index in [2.05, 4.69) is 32.5 Å². The highest BCUT2D eigenvalue weighted by atomic mass is 79.9. The Bertz CT molecular complexity index is 592. The number of methoxy groups -OCH3 is 1. The Labute approximate surface area is 134 Å². The molecule has 0 amide bonds. The first-order valence-corrected chi connectivity index (χ1v) is 9.29. The van der Waals surface area contributed by atoms with Gasteiger partial charge in [-0.05, 0) is 43.6 Å². The molecule has 7 heteroatoms. The zero-order valence-electron chi connectivity index (χ0n) is 12.3. The van der Waals surface area contributed by atoms with Crippen LogP contribution in [0.1, 0.15) is 13.3 Å². The number of benzene rings is 1. The molecular formula is C14H21BrN2O3S. The lowest BCUT2D eigenvalue weighted by atomic mass is 10.1. The van der Waals surface area contributed by atoms with Gasteiger partial charge in [-0.25, -0.2) is 13.1 Å². The number of hydrogen-bond acceptors (Lipinski definition) is 4. The Balaban J connectivity index is 2.07. The second-order valence-electron chi connectivity index (χ2n) is 5.20. The van der Waals surface area contributed by atoms with Gasteiger partial charge in [-0.2, -0.15) is 0 Å². The van der Waals surface area contributed by atoms with Crippen LogP contribution in [-0.2, 0) is 10.0 Å². The van der Waals surface area contributed by atoms with E-state index in [-0.39, 0.29) is 4.90 Å². The summed E-state index contributed by atoms with van der Waals surface area (Å²) in [6.07, 6.45) is 1.03. The average molecular weight is 377 g/mol. The number of ether oxygens (including phenoxy) is 1. The Morgan fingerprint density at radius 2 is 2.24 bits per heavy atom. The molecule has 1 unspecified atom stereocenters. The molecule has 118 valence electrons. The molecular weight excluding hydrogens is 356 g/mol. The molecule has 0 spiro atoms. The minimum absolute atomic E-state index is 0.171. The van der Waals surface area contributed by atoms with Gasteiger partial charge in [-0.15, -0.1) is 0 Å². The number of halogens is 1. The maximum Gasteiger partial charge on any atom is 0.244 e. The summed E-state index contributed by atoms with van der Waals surface area (Å²) in [6.45, 7) is 5.61. The van der Waals surface area contributed by atoms with E-state index < -0.39 is 10.0 Å². The van der Waals surface area contributed by atoms with Crippen LogP contribution in [0, 0.1) is 5.92 Å². The first kappa shape index (κ1) is 16.7. The Kier molecular flexibility index (Phi) is 5.65. The highest BCUT2D eigenvalue weighted by Gasteiger charge is 2.25. The van der Waals surface area contributed by atoms with Crippen LogP contribution in [0.5, 0.6) is 5.75 Å². The number of nitrogens with zero attached hydrogens (tertiary/aromatic N) is 1. The molecule has 1 aliphatic heterocycles. The van der Waals surface area contributed by atoms with Crippen molar-refractivity contribution in [3.05, 3.63) is 22.7 Å². The van der Waals surface area contributed by atoms with Crippen LogP contribution >= 0.6 is 15.9 Å². The molecule has 1 N–H and O–H groups in total. The topological polar surface area (TPSA) is 58.6 Å². The van der Waals surface area contributed by atoms with E-state index in [1.807, 2.05) is 0 Å². The van der Waals surface area contributed by atoms with Gasteiger partial charge >= 0.3 is 0 Å². The molecule has 0 bridgehead atoms. The van der Waals surface area contributed by atoms with E-state index in [1.165, 1.54) is 7.11 Å². The molecule has 0 saturated carbocycles. The molecule has 1 aromatic rings. The number of likely N-dealkylation sites (tertiary alicyclic amines) is 1. The van der Waals surface area contributed by atoms with E-state index in [4.69, 9.17) is 4.74 Å². The summed E-state index contributed by atoms with van der Waals surface area (Å²) in [7, 11) is -2.09. The molecule has 0 radical (unpaired) electrons. The monoisotopic (exact) mass is 376 g/mol. The van der Waals surface area contributed by atoms with Crippen molar-refractivity contribution in [3.8, 4) is 5.75 Å². The van der Waals surface area contributed by atoms with Crippen molar-refractivity contribution in [1.82, 2.24) is 9.62 Å². The summed E-state index contributed by atoms with van der Waals surface area (Å²) in [6, 6.07) is 4.97. The maximum atomic E-state index is 12.4. The molecule has 1 saturated heterocycles. The smallest absolute Gasteiger partial charge is 0.244 e. The summed E-state index contributed by atoms with van der Waals surface area (Å²) >= 11 is 3.30. The molecule has 1 fully saturated rings. The Hall–Kier alpha value is -0.630. The quantitative estimate of drug-likeness (QED) is 0.825. The first-order chi connectivity index (χ1) is 9.96. The standard InChI is InChI=1S/C14H21BrN2O3S/c1-3-17-7-6-11(10-17)9-16-21(18,19)14-8-12(15)4-5-13(14)20-2/h4-5,8,11,16H,3,6-7,9-10H2,1-2H3. The van der Waals surface area contributed by atoms with Gasteiger partial charge in [0, 0.05) is 17.6 Å². The lowest BCUT2D eigenvalue weighted by Gasteiger charge is -2.15. The second kappa shape index (κ2) is 7.09. The molecule has 2 rings (SSSR count). The summed E-state index contributed by atoms with van der Waals surface area (Å²) in [5.41, 5.74) is 0. The van der Waals surface area contributed by atoms with E-state index in [0.717, 1.165) is 26.1 Å². The fraction of sp³-hybridized carbons (Fsp3) is 0.571. The van der Waals surface area contributed by atoms with Crippen LogP contribution in [0.3, 0.4) is 0 Å². The lowest BCUT2D eigenvalue weighted by molar-refractivity contribution is 0.342. The van der Waals surface area contributed by atoms with E-state index in [9.17, 15) is 8.42 Å². The van der Waals surface area contributed by atoms with Crippen LogP contribution in [-0.4, -0.2) is 46.6 Å². The molecule has 5 nitrogen and oxygen atoms in total. The predicted octanol–water partition coefficient (Wildman–Crippen LogP) is 2.08. The number of sulfonamides is 1. The van der Waals surface area contributed by atoms with Crippen molar-refractivity contribution in [3.63, 3.8) is 0 Å².